The molecule has 3 aromatic carbocycles. The van der Waals surface area contributed by atoms with Crippen LogP contribution in [-0.2, 0) is 10.0 Å². The fourth-order valence-corrected chi connectivity index (χ4v) is 5.31. The first-order chi connectivity index (χ1) is 16.8. The summed E-state index contributed by atoms with van der Waals surface area (Å²) >= 11 is 0. The van der Waals surface area contributed by atoms with Crippen LogP contribution >= 0.6 is 0 Å². The Morgan fingerprint density at radius 3 is 2.31 bits per heavy atom. The van der Waals surface area contributed by atoms with Gasteiger partial charge >= 0.3 is 0 Å². The molecule has 182 valence electrons. The first-order valence-electron chi connectivity index (χ1n) is 10.8. The number of nitrogens with one attached hydrogen (secondary N) is 1. The van der Waals surface area contributed by atoms with Crippen molar-refractivity contribution >= 4 is 33.0 Å². The number of carbonyl (C=O) groups is 1. The van der Waals surface area contributed by atoms with Crippen LogP contribution in [0.25, 0.3) is 0 Å². The van der Waals surface area contributed by atoms with E-state index in [0.717, 1.165) is 11.4 Å². The second-order valence-corrected chi connectivity index (χ2v) is 9.79. The van der Waals surface area contributed by atoms with Gasteiger partial charge in [-0.3, -0.25) is 14.9 Å². The van der Waals surface area contributed by atoms with Gasteiger partial charge in [-0.2, -0.15) is 4.31 Å². The summed E-state index contributed by atoms with van der Waals surface area (Å²) in [5.74, 6) is 0.211. The van der Waals surface area contributed by atoms with Gasteiger partial charge in [-0.05, 0) is 42.5 Å². The highest BCUT2D eigenvalue weighted by Gasteiger charge is 2.29. The fraction of sp³-hybridized carbons (Fsp3) is 0.208. The van der Waals surface area contributed by atoms with Crippen molar-refractivity contribution in [2.24, 2.45) is 0 Å². The molecule has 0 unspecified atom stereocenters. The summed E-state index contributed by atoms with van der Waals surface area (Å²) in [5, 5.41) is 13.5. The predicted molar refractivity (Wildman–Crippen MR) is 131 cm³/mol. The van der Waals surface area contributed by atoms with Gasteiger partial charge in [0.05, 0.1) is 22.6 Å². The van der Waals surface area contributed by atoms with Crippen LogP contribution in [0.4, 0.5) is 17.1 Å². The summed E-state index contributed by atoms with van der Waals surface area (Å²) < 4.78 is 33.1. The molecule has 10 nitrogen and oxygen atoms in total. The quantitative estimate of drug-likeness (QED) is 0.393. The molecule has 1 N–H and O–H groups in total. The topological polar surface area (TPSA) is 122 Å². The number of hydrogen-bond acceptors (Lipinski definition) is 7. The Kier molecular flexibility index (Phi) is 6.99. The van der Waals surface area contributed by atoms with Crippen LogP contribution in [-0.4, -0.2) is 56.8 Å². The summed E-state index contributed by atoms with van der Waals surface area (Å²) in [6, 6.07) is 18.9. The highest BCUT2D eigenvalue weighted by molar-refractivity contribution is 7.89. The zero-order valence-electron chi connectivity index (χ0n) is 19.0. The minimum atomic E-state index is -3.71. The number of rotatable bonds is 7. The zero-order chi connectivity index (χ0) is 25.0. The molecular weight excluding hydrogens is 472 g/mol. The van der Waals surface area contributed by atoms with Crippen molar-refractivity contribution in [1.29, 1.82) is 0 Å². The van der Waals surface area contributed by atoms with E-state index in [0.29, 0.717) is 31.9 Å². The summed E-state index contributed by atoms with van der Waals surface area (Å²) in [4.78, 5) is 25.0. The van der Waals surface area contributed by atoms with Crippen LogP contribution in [0.1, 0.15) is 10.4 Å². The van der Waals surface area contributed by atoms with Crippen molar-refractivity contribution in [2.75, 3.05) is 43.5 Å². The third-order valence-electron chi connectivity index (χ3n) is 5.73. The molecule has 0 atom stereocenters. The van der Waals surface area contributed by atoms with E-state index in [2.05, 4.69) is 10.2 Å². The molecule has 1 fully saturated rings. The Hall–Kier alpha value is -3.96. The number of piperazine rings is 1. The molecule has 0 radical (unpaired) electrons. The molecule has 1 amide bonds. The van der Waals surface area contributed by atoms with Gasteiger partial charge in [-0.15, -0.1) is 0 Å². The number of hydrogen-bond donors (Lipinski definition) is 1. The van der Waals surface area contributed by atoms with E-state index in [1.807, 2.05) is 24.3 Å². The number of sulfonamides is 1. The highest BCUT2D eigenvalue weighted by atomic mass is 32.2. The predicted octanol–water partition coefficient (Wildman–Crippen LogP) is 3.37. The zero-order valence-corrected chi connectivity index (χ0v) is 19.8. The van der Waals surface area contributed by atoms with Crippen LogP contribution < -0.4 is 15.0 Å². The van der Waals surface area contributed by atoms with Gasteiger partial charge in [0.15, 0.2) is 0 Å². The van der Waals surface area contributed by atoms with Gasteiger partial charge < -0.3 is 15.0 Å². The van der Waals surface area contributed by atoms with Crippen LogP contribution in [0.15, 0.2) is 77.7 Å². The highest BCUT2D eigenvalue weighted by Crippen LogP contribution is 2.29. The van der Waals surface area contributed by atoms with Crippen molar-refractivity contribution in [3.63, 3.8) is 0 Å². The molecule has 0 saturated carbocycles. The molecule has 0 aliphatic carbocycles. The number of nitro groups is 1. The minimum absolute atomic E-state index is 0.122. The maximum Gasteiger partial charge on any atom is 0.270 e. The minimum Gasteiger partial charge on any atom is -0.495 e. The van der Waals surface area contributed by atoms with Gasteiger partial charge in [0.2, 0.25) is 10.0 Å². The third kappa shape index (κ3) is 5.26. The second kappa shape index (κ2) is 10.1. The van der Waals surface area contributed by atoms with Gasteiger partial charge in [-0.1, -0.05) is 18.2 Å². The number of nitrogens with zero attached hydrogens (tertiary/aromatic N) is 3. The molecule has 1 aliphatic rings. The lowest BCUT2D eigenvalue weighted by molar-refractivity contribution is -0.384. The lowest BCUT2D eigenvalue weighted by Gasteiger charge is -2.35. The van der Waals surface area contributed by atoms with Gasteiger partial charge in [0, 0.05) is 49.6 Å². The molecule has 11 heteroatoms. The maximum absolute atomic E-state index is 13.1. The standard InChI is InChI=1S/C24H24N4O6S/c1-34-23-8-3-2-7-22(23)26-13-15-27(16-14-26)35(32,33)21-11-9-19(10-12-21)25-24(29)18-5-4-6-20(17-18)28(30)31/h2-12,17H,13-16H2,1H3,(H,25,29). The van der Waals surface area contributed by atoms with E-state index >= 15 is 0 Å². The first kappa shape index (κ1) is 24.2. The Bertz CT molecular complexity index is 1340. The molecule has 35 heavy (non-hydrogen) atoms. The summed E-state index contributed by atoms with van der Waals surface area (Å²) in [5.41, 5.74) is 1.24. The lowest BCUT2D eigenvalue weighted by Crippen LogP contribution is -2.48. The van der Waals surface area contributed by atoms with Crippen molar-refractivity contribution in [1.82, 2.24) is 4.31 Å². The summed E-state index contributed by atoms with van der Waals surface area (Å²) in [7, 11) is -2.10. The number of para-hydroxylation sites is 2. The van der Waals surface area contributed by atoms with Gasteiger partial charge in [-0.25, -0.2) is 8.42 Å². The average molecular weight is 497 g/mol. The molecule has 0 spiro atoms. The fourth-order valence-electron chi connectivity index (χ4n) is 3.88. The van der Waals surface area contributed by atoms with Crippen LogP contribution in [0.2, 0.25) is 0 Å². The number of nitro benzene ring substituents is 1. The monoisotopic (exact) mass is 496 g/mol. The molecule has 0 bridgehead atoms. The van der Waals surface area contributed by atoms with E-state index < -0.39 is 20.9 Å². The van der Waals surface area contributed by atoms with Crippen molar-refractivity contribution in [3.05, 3.63) is 88.5 Å². The molecule has 1 saturated heterocycles. The average Bonchev–Trinajstić information content (AvgIpc) is 2.89. The van der Waals surface area contributed by atoms with Gasteiger partial charge in [0.1, 0.15) is 5.75 Å². The molecule has 0 aromatic heterocycles. The number of methoxy groups -OCH3 is 1. The van der Waals surface area contributed by atoms with E-state index in [1.54, 1.807) is 7.11 Å². The number of carbonyl (C=O) groups excluding carboxylic acids is 1. The van der Waals surface area contributed by atoms with Crippen molar-refractivity contribution in [3.8, 4) is 5.75 Å². The number of anilines is 2. The van der Waals surface area contributed by atoms with Crippen LogP contribution in [0, 0.1) is 10.1 Å². The van der Waals surface area contributed by atoms with E-state index in [-0.39, 0.29) is 16.1 Å². The number of non-ortho nitro benzene ring substituents is 1. The van der Waals surface area contributed by atoms with Crippen LogP contribution in [0.5, 0.6) is 5.75 Å². The Morgan fingerprint density at radius 2 is 1.66 bits per heavy atom. The Balaban J connectivity index is 1.41. The summed E-state index contributed by atoms with van der Waals surface area (Å²) in [6.45, 7) is 1.70. The molecular formula is C24H24N4O6S. The normalized spacial score (nSPS) is 14.4. The first-order valence-corrected chi connectivity index (χ1v) is 12.3. The smallest absolute Gasteiger partial charge is 0.270 e. The molecule has 1 heterocycles. The largest absolute Gasteiger partial charge is 0.495 e. The molecule has 1 aliphatic heterocycles. The van der Waals surface area contributed by atoms with E-state index in [4.69, 9.17) is 4.74 Å². The number of ether oxygens (including phenoxy) is 1. The SMILES string of the molecule is COc1ccccc1N1CCN(S(=O)(=O)c2ccc(NC(=O)c3cccc([N+](=O)[O-])c3)cc2)CC1. The molecule has 3 aromatic rings. The van der Waals surface area contributed by atoms with E-state index in [1.165, 1.54) is 52.8 Å². The number of benzene rings is 3. The lowest BCUT2D eigenvalue weighted by atomic mass is 10.2. The van der Waals surface area contributed by atoms with Crippen molar-refractivity contribution in [2.45, 2.75) is 4.90 Å². The third-order valence-corrected chi connectivity index (χ3v) is 7.65. The summed E-state index contributed by atoms with van der Waals surface area (Å²) in [6.07, 6.45) is 0. The van der Waals surface area contributed by atoms with Gasteiger partial charge in [0.25, 0.3) is 11.6 Å². The molecule has 4 rings (SSSR count). The van der Waals surface area contributed by atoms with Crippen molar-refractivity contribution < 1.29 is 22.9 Å². The second-order valence-electron chi connectivity index (χ2n) is 7.85. The van der Waals surface area contributed by atoms with E-state index in [9.17, 15) is 23.3 Å². The maximum atomic E-state index is 13.1. The Labute approximate surface area is 202 Å². The Morgan fingerprint density at radius 1 is 0.971 bits per heavy atom. The number of amides is 1. The van der Waals surface area contributed by atoms with Crippen LogP contribution in [0.3, 0.4) is 0 Å².